The first-order valence-corrected chi connectivity index (χ1v) is 7.88. The summed E-state index contributed by atoms with van der Waals surface area (Å²) in [5.74, 6) is 0.916. The third kappa shape index (κ3) is 3.35. The average molecular weight is 314 g/mol. The molecule has 1 aliphatic carbocycles. The predicted molar refractivity (Wildman–Crippen MR) is 78.8 cm³/mol. The van der Waals surface area contributed by atoms with Gasteiger partial charge in [-0.15, -0.1) is 0 Å². The van der Waals surface area contributed by atoms with E-state index < -0.39 is 0 Å². The van der Waals surface area contributed by atoms with Crippen LogP contribution in [0.4, 0.5) is 0 Å². The first-order chi connectivity index (χ1) is 8.63. The predicted octanol–water partition coefficient (Wildman–Crippen LogP) is 3.55. The Labute approximate surface area is 118 Å². The molecule has 1 aromatic heterocycles. The molecule has 1 unspecified atom stereocenters. The molecule has 1 heterocycles. The zero-order valence-electron chi connectivity index (χ0n) is 11.6. The molecule has 0 amide bonds. The number of hydrogen-bond acceptors (Lipinski definition) is 2. The molecule has 18 heavy (non-hydrogen) atoms. The zero-order valence-corrected chi connectivity index (χ0v) is 13.2. The summed E-state index contributed by atoms with van der Waals surface area (Å²) in [6, 6.07) is 1.13. The summed E-state index contributed by atoms with van der Waals surface area (Å²) in [6.45, 7) is 7.65. The van der Waals surface area contributed by atoms with E-state index in [1.165, 1.54) is 25.0 Å². The Morgan fingerprint density at radius 3 is 2.78 bits per heavy atom. The van der Waals surface area contributed by atoms with E-state index in [-0.39, 0.29) is 0 Å². The molecule has 0 saturated heterocycles. The van der Waals surface area contributed by atoms with Crippen LogP contribution in [0.2, 0.25) is 0 Å². The number of halogens is 1. The molecular formula is C14H24BrN3. The van der Waals surface area contributed by atoms with Gasteiger partial charge < -0.3 is 5.32 Å². The molecule has 1 N–H and O–H groups in total. The van der Waals surface area contributed by atoms with Gasteiger partial charge in [0.2, 0.25) is 0 Å². The maximum absolute atomic E-state index is 4.45. The number of nitrogens with zero attached hydrogens (tertiary/aromatic N) is 2. The fourth-order valence-electron chi connectivity index (χ4n) is 2.60. The topological polar surface area (TPSA) is 29.9 Å². The molecule has 1 fully saturated rings. The summed E-state index contributed by atoms with van der Waals surface area (Å²) in [4.78, 5) is 0. The normalized spacial score (nSPS) is 17.4. The van der Waals surface area contributed by atoms with E-state index in [4.69, 9.17) is 0 Å². The van der Waals surface area contributed by atoms with Gasteiger partial charge in [0.25, 0.3) is 0 Å². The number of nitrogens with one attached hydrogen (secondary N) is 1. The van der Waals surface area contributed by atoms with Crippen molar-refractivity contribution in [1.82, 2.24) is 15.1 Å². The van der Waals surface area contributed by atoms with Gasteiger partial charge in [-0.05, 0) is 67.9 Å². The highest BCUT2D eigenvalue weighted by atomic mass is 79.9. The molecule has 1 saturated carbocycles. The molecular weight excluding hydrogens is 290 g/mol. The first kappa shape index (κ1) is 14.1. The number of aromatic nitrogens is 2. The lowest BCUT2D eigenvalue weighted by molar-refractivity contribution is 0.431. The Hall–Kier alpha value is -0.350. The van der Waals surface area contributed by atoms with Crippen molar-refractivity contribution in [2.24, 2.45) is 5.92 Å². The molecule has 0 bridgehead atoms. The molecule has 0 aliphatic heterocycles. The minimum Gasteiger partial charge on any atom is -0.314 e. The lowest BCUT2D eigenvalue weighted by atomic mass is 10.0. The minimum atomic E-state index is 0.435. The van der Waals surface area contributed by atoms with E-state index in [1.807, 2.05) is 6.20 Å². The first-order valence-electron chi connectivity index (χ1n) is 7.08. The zero-order chi connectivity index (χ0) is 13.1. The Bertz CT molecular complexity index is 382. The molecule has 1 aliphatic rings. The van der Waals surface area contributed by atoms with Gasteiger partial charge in [-0.25, -0.2) is 0 Å². The smallest absolute Gasteiger partial charge is 0.0635 e. The van der Waals surface area contributed by atoms with Gasteiger partial charge in [0, 0.05) is 12.1 Å². The van der Waals surface area contributed by atoms with Crippen molar-refractivity contribution >= 4 is 15.9 Å². The van der Waals surface area contributed by atoms with Crippen LogP contribution >= 0.6 is 15.9 Å². The van der Waals surface area contributed by atoms with Crippen LogP contribution in [0.3, 0.4) is 0 Å². The van der Waals surface area contributed by atoms with Crippen molar-refractivity contribution in [1.29, 1.82) is 0 Å². The molecule has 4 heteroatoms. The highest BCUT2D eigenvalue weighted by molar-refractivity contribution is 9.10. The van der Waals surface area contributed by atoms with Crippen molar-refractivity contribution in [2.75, 3.05) is 6.54 Å². The maximum atomic E-state index is 4.45. The minimum absolute atomic E-state index is 0.435. The summed E-state index contributed by atoms with van der Waals surface area (Å²) in [6.07, 6.45) is 7.06. The van der Waals surface area contributed by atoms with Crippen LogP contribution in [-0.4, -0.2) is 22.4 Å². The van der Waals surface area contributed by atoms with E-state index in [0.717, 1.165) is 23.4 Å². The van der Waals surface area contributed by atoms with Crippen molar-refractivity contribution < 1.29 is 0 Å². The Kier molecular flexibility index (Phi) is 4.84. The van der Waals surface area contributed by atoms with Gasteiger partial charge in [0.05, 0.1) is 16.4 Å². The molecule has 0 radical (unpaired) electrons. The number of hydrogen-bond donors (Lipinski definition) is 1. The third-order valence-electron chi connectivity index (χ3n) is 3.69. The molecule has 1 aromatic rings. The molecule has 2 rings (SSSR count). The maximum Gasteiger partial charge on any atom is 0.0635 e. The third-order valence-corrected chi connectivity index (χ3v) is 4.35. The van der Waals surface area contributed by atoms with Crippen LogP contribution < -0.4 is 5.32 Å². The molecule has 1 atom stereocenters. The summed E-state index contributed by atoms with van der Waals surface area (Å²) in [5, 5.41) is 8.08. The van der Waals surface area contributed by atoms with Gasteiger partial charge in [-0.2, -0.15) is 5.10 Å². The van der Waals surface area contributed by atoms with Crippen LogP contribution in [0.1, 0.15) is 51.8 Å². The lowest BCUT2D eigenvalue weighted by Crippen LogP contribution is -2.31. The fraction of sp³-hybridized carbons (Fsp3) is 0.786. The molecule has 102 valence electrons. The van der Waals surface area contributed by atoms with E-state index in [0.29, 0.717) is 12.1 Å². The fourth-order valence-corrected chi connectivity index (χ4v) is 3.07. The van der Waals surface area contributed by atoms with Crippen LogP contribution in [-0.2, 0) is 6.42 Å². The lowest BCUT2D eigenvalue weighted by Gasteiger charge is -2.18. The standard InChI is InChI=1S/C14H24BrN3/c1-4-16-13(11-5-6-11)7-8-14-12(15)9-17-18(14)10(2)3/h9-11,13,16H,4-8H2,1-3H3. The van der Waals surface area contributed by atoms with E-state index in [2.05, 4.69) is 51.8 Å². The van der Waals surface area contributed by atoms with Crippen LogP contribution in [0.5, 0.6) is 0 Å². The number of rotatable bonds is 7. The van der Waals surface area contributed by atoms with Crippen molar-refractivity contribution in [3.8, 4) is 0 Å². The average Bonchev–Trinajstić information content (AvgIpc) is 3.09. The van der Waals surface area contributed by atoms with Crippen molar-refractivity contribution in [3.05, 3.63) is 16.4 Å². The van der Waals surface area contributed by atoms with Gasteiger partial charge >= 0.3 is 0 Å². The molecule has 0 spiro atoms. The summed E-state index contributed by atoms with van der Waals surface area (Å²) in [5.41, 5.74) is 1.34. The quantitative estimate of drug-likeness (QED) is 0.834. The van der Waals surface area contributed by atoms with E-state index >= 15 is 0 Å². The van der Waals surface area contributed by atoms with E-state index in [1.54, 1.807) is 0 Å². The Balaban J connectivity index is 1.97. The largest absolute Gasteiger partial charge is 0.314 e. The second-order valence-corrected chi connectivity index (χ2v) is 6.37. The van der Waals surface area contributed by atoms with Crippen LogP contribution in [0, 0.1) is 5.92 Å². The van der Waals surface area contributed by atoms with Crippen molar-refractivity contribution in [3.63, 3.8) is 0 Å². The van der Waals surface area contributed by atoms with Gasteiger partial charge in [0.1, 0.15) is 0 Å². The SMILES string of the molecule is CCNC(CCc1c(Br)cnn1C(C)C)C1CC1. The van der Waals surface area contributed by atoms with Gasteiger partial charge in [0.15, 0.2) is 0 Å². The Morgan fingerprint density at radius 1 is 1.50 bits per heavy atom. The second kappa shape index (κ2) is 6.20. The molecule has 0 aromatic carbocycles. The summed E-state index contributed by atoms with van der Waals surface area (Å²) in [7, 11) is 0. The van der Waals surface area contributed by atoms with Crippen LogP contribution in [0.25, 0.3) is 0 Å². The van der Waals surface area contributed by atoms with Gasteiger partial charge in [-0.3, -0.25) is 4.68 Å². The second-order valence-electron chi connectivity index (χ2n) is 5.52. The van der Waals surface area contributed by atoms with Gasteiger partial charge in [-0.1, -0.05) is 6.92 Å². The Morgan fingerprint density at radius 2 is 2.22 bits per heavy atom. The highest BCUT2D eigenvalue weighted by Crippen LogP contribution is 2.35. The summed E-state index contributed by atoms with van der Waals surface area (Å²) < 4.78 is 3.29. The highest BCUT2D eigenvalue weighted by Gasteiger charge is 2.30. The molecule has 3 nitrogen and oxygen atoms in total. The summed E-state index contributed by atoms with van der Waals surface area (Å²) >= 11 is 3.62. The monoisotopic (exact) mass is 313 g/mol. The van der Waals surface area contributed by atoms with Crippen molar-refractivity contribution in [2.45, 2.75) is 58.5 Å². The van der Waals surface area contributed by atoms with Crippen LogP contribution in [0.15, 0.2) is 10.7 Å². The van der Waals surface area contributed by atoms with E-state index in [9.17, 15) is 0 Å².